The van der Waals surface area contributed by atoms with Crippen molar-refractivity contribution in [1.29, 1.82) is 0 Å². The highest BCUT2D eigenvalue weighted by Crippen LogP contribution is 1.95. The van der Waals surface area contributed by atoms with E-state index < -0.39 is 17.9 Å². The van der Waals surface area contributed by atoms with Gasteiger partial charge in [0, 0.05) is 19.2 Å². The van der Waals surface area contributed by atoms with Crippen LogP contribution in [0.5, 0.6) is 0 Å². The standard InChI is InChI=1S/C10H13N3O4/c1-6(5-9(15)16)11-10(17)7-3-4-8(14)13(2)12-7/h3-4,6H,5H2,1-2H3,(H,11,17)(H,15,16). The van der Waals surface area contributed by atoms with Gasteiger partial charge in [-0.3, -0.25) is 14.4 Å². The number of hydrogen-bond acceptors (Lipinski definition) is 4. The maximum Gasteiger partial charge on any atom is 0.305 e. The second kappa shape index (κ2) is 5.24. The molecule has 0 aliphatic carbocycles. The SMILES string of the molecule is CC(CC(=O)O)NC(=O)c1ccc(=O)n(C)n1. The zero-order chi connectivity index (χ0) is 13.0. The van der Waals surface area contributed by atoms with Crippen LogP contribution in [0.1, 0.15) is 23.8 Å². The Morgan fingerprint density at radius 3 is 2.71 bits per heavy atom. The molecule has 7 nitrogen and oxygen atoms in total. The molecule has 7 heteroatoms. The van der Waals surface area contributed by atoms with Gasteiger partial charge in [0.25, 0.3) is 11.5 Å². The van der Waals surface area contributed by atoms with Crippen LogP contribution in [-0.4, -0.2) is 32.8 Å². The highest BCUT2D eigenvalue weighted by Gasteiger charge is 2.14. The summed E-state index contributed by atoms with van der Waals surface area (Å²) in [7, 11) is 1.43. The van der Waals surface area contributed by atoms with Crippen molar-refractivity contribution in [3.05, 3.63) is 28.2 Å². The molecule has 0 saturated heterocycles. The molecule has 0 aliphatic rings. The zero-order valence-electron chi connectivity index (χ0n) is 9.51. The summed E-state index contributed by atoms with van der Waals surface area (Å²) in [5.41, 5.74) is -0.246. The van der Waals surface area contributed by atoms with Crippen LogP contribution in [0.15, 0.2) is 16.9 Å². The number of hydrogen-bond donors (Lipinski definition) is 2. The van der Waals surface area contributed by atoms with Crippen LogP contribution in [0, 0.1) is 0 Å². The van der Waals surface area contributed by atoms with Crippen molar-refractivity contribution in [3.63, 3.8) is 0 Å². The van der Waals surface area contributed by atoms with Crippen LogP contribution in [0.2, 0.25) is 0 Å². The van der Waals surface area contributed by atoms with E-state index in [0.717, 1.165) is 4.68 Å². The first-order chi connectivity index (χ1) is 7.90. The molecule has 1 aromatic heterocycles. The lowest BCUT2D eigenvalue weighted by Gasteiger charge is -2.11. The topological polar surface area (TPSA) is 101 Å². The molecule has 0 aliphatic heterocycles. The smallest absolute Gasteiger partial charge is 0.305 e. The Morgan fingerprint density at radius 2 is 2.18 bits per heavy atom. The van der Waals surface area contributed by atoms with Crippen molar-refractivity contribution in [2.75, 3.05) is 0 Å². The Bertz CT molecular complexity index is 495. The van der Waals surface area contributed by atoms with Crippen molar-refractivity contribution in [3.8, 4) is 0 Å². The second-order valence-corrected chi connectivity index (χ2v) is 3.65. The molecule has 2 N–H and O–H groups in total. The van der Waals surface area contributed by atoms with Crippen molar-refractivity contribution in [2.24, 2.45) is 7.05 Å². The Kier molecular flexibility index (Phi) is 3.97. The number of rotatable bonds is 4. The van der Waals surface area contributed by atoms with Crippen LogP contribution in [-0.2, 0) is 11.8 Å². The minimum atomic E-state index is -0.994. The highest BCUT2D eigenvalue weighted by molar-refractivity contribution is 5.92. The van der Waals surface area contributed by atoms with Gasteiger partial charge in [0.05, 0.1) is 6.42 Å². The summed E-state index contributed by atoms with van der Waals surface area (Å²) in [6, 6.07) is 2.02. The highest BCUT2D eigenvalue weighted by atomic mass is 16.4. The monoisotopic (exact) mass is 239 g/mol. The predicted octanol–water partition coefficient (Wildman–Crippen LogP) is -0.627. The summed E-state index contributed by atoms with van der Waals surface area (Å²) in [6.45, 7) is 1.58. The first-order valence-corrected chi connectivity index (χ1v) is 4.97. The molecule has 92 valence electrons. The summed E-state index contributed by atoms with van der Waals surface area (Å²) >= 11 is 0. The van der Waals surface area contributed by atoms with Crippen LogP contribution in [0.4, 0.5) is 0 Å². The van der Waals surface area contributed by atoms with Crippen LogP contribution < -0.4 is 10.9 Å². The molecule has 0 aromatic carbocycles. The lowest BCUT2D eigenvalue weighted by atomic mass is 10.2. The minimum Gasteiger partial charge on any atom is -0.481 e. The number of nitrogens with one attached hydrogen (secondary N) is 1. The zero-order valence-corrected chi connectivity index (χ0v) is 9.51. The number of carbonyl (C=O) groups is 2. The predicted molar refractivity (Wildman–Crippen MR) is 58.7 cm³/mol. The first-order valence-electron chi connectivity index (χ1n) is 4.97. The van der Waals surface area contributed by atoms with Gasteiger partial charge in [0.15, 0.2) is 0 Å². The van der Waals surface area contributed by atoms with E-state index in [2.05, 4.69) is 10.4 Å². The van der Waals surface area contributed by atoms with Gasteiger partial charge in [-0.05, 0) is 13.0 Å². The first kappa shape index (κ1) is 12.9. The summed E-state index contributed by atoms with van der Waals surface area (Å²) in [6.07, 6.45) is -0.169. The molecule has 1 atom stereocenters. The molecule has 0 fully saturated rings. The molecule has 0 spiro atoms. The Hall–Kier alpha value is -2.18. The lowest BCUT2D eigenvalue weighted by molar-refractivity contribution is -0.137. The molecule has 1 amide bonds. The largest absolute Gasteiger partial charge is 0.481 e. The number of carbonyl (C=O) groups excluding carboxylic acids is 1. The lowest BCUT2D eigenvalue weighted by Crippen LogP contribution is -2.35. The third-order valence-electron chi connectivity index (χ3n) is 2.05. The van der Waals surface area contributed by atoms with E-state index in [1.807, 2.05) is 0 Å². The molecule has 17 heavy (non-hydrogen) atoms. The Labute approximate surface area is 97.1 Å². The minimum absolute atomic E-state index is 0.0735. The quantitative estimate of drug-likeness (QED) is 0.728. The number of amides is 1. The van der Waals surface area contributed by atoms with Gasteiger partial charge in [-0.2, -0.15) is 5.10 Å². The van der Waals surface area contributed by atoms with Gasteiger partial charge in [-0.25, -0.2) is 4.68 Å². The average molecular weight is 239 g/mol. The van der Waals surface area contributed by atoms with Crippen LogP contribution >= 0.6 is 0 Å². The fourth-order valence-corrected chi connectivity index (χ4v) is 1.23. The normalized spacial score (nSPS) is 11.9. The van der Waals surface area contributed by atoms with Crippen molar-refractivity contribution < 1.29 is 14.7 Å². The van der Waals surface area contributed by atoms with Gasteiger partial charge in [-0.1, -0.05) is 0 Å². The fourth-order valence-electron chi connectivity index (χ4n) is 1.23. The Balaban J connectivity index is 2.73. The number of aromatic nitrogens is 2. The number of aryl methyl sites for hydroxylation is 1. The molecule has 1 aromatic rings. The van der Waals surface area contributed by atoms with Gasteiger partial charge >= 0.3 is 5.97 Å². The summed E-state index contributed by atoms with van der Waals surface area (Å²) in [5, 5.41) is 14.8. The molecule has 0 radical (unpaired) electrons. The van der Waals surface area contributed by atoms with Gasteiger partial charge < -0.3 is 10.4 Å². The third kappa shape index (κ3) is 3.71. The van der Waals surface area contributed by atoms with Crippen molar-refractivity contribution >= 4 is 11.9 Å². The van der Waals surface area contributed by atoms with E-state index in [1.54, 1.807) is 6.92 Å². The summed E-state index contributed by atoms with van der Waals surface area (Å²) in [5.74, 6) is -1.50. The maximum absolute atomic E-state index is 11.6. The van der Waals surface area contributed by atoms with E-state index in [4.69, 9.17) is 5.11 Å². The molecular formula is C10H13N3O4. The van der Waals surface area contributed by atoms with E-state index in [9.17, 15) is 14.4 Å². The van der Waals surface area contributed by atoms with Crippen LogP contribution in [0.3, 0.4) is 0 Å². The molecule has 0 bridgehead atoms. The van der Waals surface area contributed by atoms with E-state index in [0.29, 0.717) is 0 Å². The van der Waals surface area contributed by atoms with Gasteiger partial charge in [-0.15, -0.1) is 0 Å². The summed E-state index contributed by atoms with van der Waals surface area (Å²) < 4.78 is 1.04. The van der Waals surface area contributed by atoms with Crippen molar-refractivity contribution in [2.45, 2.75) is 19.4 Å². The molecular weight excluding hydrogens is 226 g/mol. The van der Waals surface area contributed by atoms with Gasteiger partial charge in [0.1, 0.15) is 5.69 Å². The van der Waals surface area contributed by atoms with Crippen molar-refractivity contribution in [1.82, 2.24) is 15.1 Å². The maximum atomic E-state index is 11.6. The molecule has 1 heterocycles. The van der Waals surface area contributed by atoms with Crippen LogP contribution in [0.25, 0.3) is 0 Å². The van der Waals surface area contributed by atoms with Gasteiger partial charge in [0.2, 0.25) is 0 Å². The third-order valence-corrected chi connectivity index (χ3v) is 2.05. The molecule has 0 saturated carbocycles. The second-order valence-electron chi connectivity index (χ2n) is 3.65. The summed E-state index contributed by atoms with van der Waals surface area (Å²) in [4.78, 5) is 33.1. The van der Waals surface area contributed by atoms with E-state index in [1.165, 1.54) is 19.2 Å². The number of carboxylic acid groups (broad SMARTS) is 1. The molecule has 1 unspecified atom stereocenters. The fraction of sp³-hybridized carbons (Fsp3) is 0.400. The Morgan fingerprint density at radius 1 is 1.53 bits per heavy atom. The number of aliphatic carboxylic acids is 1. The average Bonchev–Trinajstić information content (AvgIpc) is 2.20. The van der Waals surface area contributed by atoms with E-state index in [-0.39, 0.29) is 17.7 Å². The number of nitrogens with zero attached hydrogens (tertiary/aromatic N) is 2. The molecule has 1 rings (SSSR count). The number of carboxylic acids is 1. The van der Waals surface area contributed by atoms with E-state index >= 15 is 0 Å².